The molecule has 5 heteroatoms. The van der Waals surface area contributed by atoms with Crippen molar-refractivity contribution in [1.82, 2.24) is 9.97 Å². The Morgan fingerprint density at radius 1 is 1.22 bits per heavy atom. The number of hydrogen-bond donors (Lipinski definition) is 1. The Hall–Kier alpha value is -1.65. The van der Waals surface area contributed by atoms with Gasteiger partial charge >= 0.3 is 0 Å². The largest absolute Gasteiger partial charge is 0.380 e. The van der Waals surface area contributed by atoms with E-state index in [1.807, 2.05) is 18.3 Å². The molecule has 0 amide bonds. The van der Waals surface area contributed by atoms with Crippen molar-refractivity contribution in [3.8, 4) is 0 Å². The van der Waals surface area contributed by atoms with E-state index in [0.29, 0.717) is 4.47 Å². The summed E-state index contributed by atoms with van der Waals surface area (Å²) >= 11 is 7.30. The molecule has 0 atom stereocenters. The maximum Gasteiger partial charge on any atom is 0.183 e. The molecule has 0 saturated heterocycles. The van der Waals surface area contributed by atoms with Crippen LogP contribution in [0.1, 0.15) is 4.88 Å². The van der Waals surface area contributed by atoms with E-state index in [-0.39, 0.29) is 0 Å². The van der Waals surface area contributed by atoms with E-state index in [1.165, 1.54) is 16.7 Å². The lowest BCUT2D eigenvalue weighted by atomic mass is 10.1. The van der Waals surface area contributed by atoms with Crippen LogP contribution in [-0.4, -0.2) is 9.97 Å². The Kier molecular flexibility index (Phi) is 3.13. The highest BCUT2D eigenvalue weighted by atomic mass is 35.5. The molecule has 0 unspecified atom stereocenters. The van der Waals surface area contributed by atoms with E-state index in [2.05, 4.69) is 27.4 Å². The van der Waals surface area contributed by atoms with E-state index < -0.39 is 0 Å². The molecule has 0 bridgehead atoms. The lowest BCUT2D eigenvalue weighted by Gasteiger charge is -2.08. The summed E-state index contributed by atoms with van der Waals surface area (Å²) in [5.41, 5.74) is 1.10. The molecule has 1 N–H and O–H groups in total. The number of hydrogen-bond acceptors (Lipinski definition) is 4. The van der Waals surface area contributed by atoms with Gasteiger partial charge in [0, 0.05) is 39.9 Å². The quantitative estimate of drug-likeness (QED) is 0.786. The minimum absolute atomic E-state index is 0.578. The molecular weight excluding hydrogens is 266 g/mol. The second-order valence-corrected chi connectivity index (χ2v) is 5.53. The molecule has 2 aromatic heterocycles. The summed E-state index contributed by atoms with van der Waals surface area (Å²) in [6.45, 7) is 0.728. The molecule has 3 aromatic rings. The van der Waals surface area contributed by atoms with Gasteiger partial charge in [0.1, 0.15) is 0 Å². The van der Waals surface area contributed by atoms with Crippen molar-refractivity contribution >= 4 is 39.4 Å². The van der Waals surface area contributed by atoms with E-state index in [0.717, 1.165) is 22.5 Å². The van der Waals surface area contributed by atoms with Crippen molar-refractivity contribution in [2.24, 2.45) is 0 Å². The fraction of sp³-hybridized carbons (Fsp3) is 0.0769. The molecule has 3 rings (SSSR count). The normalized spacial score (nSPS) is 10.7. The first-order chi connectivity index (χ1) is 8.83. The third-order valence-electron chi connectivity index (χ3n) is 2.66. The number of thiazole rings is 1. The summed E-state index contributed by atoms with van der Waals surface area (Å²) in [6.07, 6.45) is 5.47. The Morgan fingerprint density at radius 2 is 2.17 bits per heavy atom. The molecule has 0 fully saturated rings. The predicted octanol–water partition coefficient (Wildman–Crippen LogP) is 3.96. The van der Waals surface area contributed by atoms with Gasteiger partial charge in [0.05, 0.1) is 6.54 Å². The van der Waals surface area contributed by atoms with Crippen molar-refractivity contribution in [3.05, 3.63) is 52.2 Å². The number of halogens is 1. The molecule has 3 nitrogen and oxygen atoms in total. The first-order valence-electron chi connectivity index (χ1n) is 5.50. The van der Waals surface area contributed by atoms with Crippen LogP contribution in [0.5, 0.6) is 0 Å². The van der Waals surface area contributed by atoms with E-state index in [4.69, 9.17) is 11.6 Å². The lowest BCUT2D eigenvalue weighted by molar-refractivity contribution is 1.18. The average molecular weight is 276 g/mol. The lowest BCUT2D eigenvalue weighted by Crippen LogP contribution is -1.98. The average Bonchev–Trinajstić information content (AvgIpc) is 2.82. The molecule has 0 spiro atoms. The molecule has 0 saturated carbocycles. The Labute approximate surface area is 113 Å². The van der Waals surface area contributed by atoms with Crippen LogP contribution < -0.4 is 5.32 Å². The zero-order valence-corrected chi connectivity index (χ0v) is 11.0. The number of aromatic nitrogens is 2. The first kappa shape index (κ1) is 11.4. The number of nitrogens with zero attached hydrogens (tertiary/aromatic N) is 2. The van der Waals surface area contributed by atoms with Gasteiger partial charge in [-0.3, -0.25) is 4.98 Å². The zero-order valence-electron chi connectivity index (χ0n) is 9.43. The van der Waals surface area contributed by atoms with Gasteiger partial charge in [0.2, 0.25) is 0 Å². The minimum Gasteiger partial charge on any atom is -0.380 e. The molecule has 0 aliphatic rings. The molecule has 2 heterocycles. The van der Waals surface area contributed by atoms with Crippen LogP contribution in [-0.2, 0) is 6.54 Å². The fourth-order valence-electron chi connectivity index (χ4n) is 1.82. The van der Waals surface area contributed by atoms with E-state index in [1.54, 1.807) is 12.4 Å². The summed E-state index contributed by atoms with van der Waals surface area (Å²) in [6, 6.07) is 8.14. The van der Waals surface area contributed by atoms with Gasteiger partial charge in [0.25, 0.3) is 0 Å². The molecule has 18 heavy (non-hydrogen) atoms. The number of pyridine rings is 1. The van der Waals surface area contributed by atoms with E-state index in [9.17, 15) is 0 Å². The summed E-state index contributed by atoms with van der Waals surface area (Å²) in [4.78, 5) is 9.26. The number of anilines is 1. The molecule has 0 aliphatic heterocycles. The van der Waals surface area contributed by atoms with Gasteiger partial charge in [-0.2, -0.15) is 0 Å². The van der Waals surface area contributed by atoms with Crippen LogP contribution in [0.2, 0.25) is 4.47 Å². The Bertz CT molecular complexity index is 675. The van der Waals surface area contributed by atoms with Crippen LogP contribution in [0, 0.1) is 0 Å². The number of fused-ring (bicyclic) bond motifs is 1. The van der Waals surface area contributed by atoms with Crippen LogP contribution >= 0.6 is 22.9 Å². The van der Waals surface area contributed by atoms with Crippen molar-refractivity contribution in [2.75, 3.05) is 5.32 Å². The second-order valence-electron chi connectivity index (χ2n) is 3.84. The van der Waals surface area contributed by atoms with Crippen LogP contribution in [0.4, 0.5) is 5.69 Å². The fourth-order valence-corrected chi connectivity index (χ4v) is 2.74. The van der Waals surface area contributed by atoms with Crippen LogP contribution in [0.15, 0.2) is 42.9 Å². The minimum atomic E-state index is 0.578. The van der Waals surface area contributed by atoms with Gasteiger partial charge in [-0.1, -0.05) is 23.7 Å². The third kappa shape index (κ3) is 2.30. The second kappa shape index (κ2) is 4.92. The summed E-state index contributed by atoms with van der Waals surface area (Å²) < 4.78 is 0.578. The number of benzene rings is 1. The smallest absolute Gasteiger partial charge is 0.183 e. The van der Waals surface area contributed by atoms with Gasteiger partial charge < -0.3 is 5.32 Å². The Balaban J connectivity index is 1.86. The highest BCUT2D eigenvalue weighted by molar-refractivity contribution is 7.15. The molecule has 1 aromatic carbocycles. The highest BCUT2D eigenvalue weighted by Crippen LogP contribution is 2.24. The topological polar surface area (TPSA) is 37.8 Å². The molecule has 0 aliphatic carbocycles. The van der Waals surface area contributed by atoms with Crippen LogP contribution in [0.25, 0.3) is 10.8 Å². The zero-order chi connectivity index (χ0) is 12.4. The van der Waals surface area contributed by atoms with Gasteiger partial charge in [-0.05, 0) is 12.1 Å². The molecule has 0 radical (unpaired) electrons. The standard InChI is InChI=1S/C13H10ClN3S/c14-13-17-8-10(18-13)7-16-12-3-1-2-9-6-15-5-4-11(9)12/h1-6,8,16H,7H2. The van der Waals surface area contributed by atoms with Crippen molar-refractivity contribution in [1.29, 1.82) is 0 Å². The van der Waals surface area contributed by atoms with Crippen molar-refractivity contribution < 1.29 is 0 Å². The molecule has 90 valence electrons. The van der Waals surface area contributed by atoms with Crippen molar-refractivity contribution in [2.45, 2.75) is 6.54 Å². The highest BCUT2D eigenvalue weighted by Gasteiger charge is 2.02. The SMILES string of the molecule is Clc1ncc(CNc2cccc3cnccc23)s1. The van der Waals surface area contributed by atoms with E-state index >= 15 is 0 Å². The molecular formula is C13H10ClN3S. The van der Waals surface area contributed by atoms with Gasteiger partial charge in [0.15, 0.2) is 4.47 Å². The Morgan fingerprint density at radius 3 is 3.00 bits per heavy atom. The predicted molar refractivity (Wildman–Crippen MR) is 76.2 cm³/mol. The summed E-state index contributed by atoms with van der Waals surface area (Å²) in [5, 5.41) is 5.70. The maximum atomic E-state index is 5.81. The summed E-state index contributed by atoms with van der Waals surface area (Å²) in [7, 11) is 0. The summed E-state index contributed by atoms with van der Waals surface area (Å²) in [5.74, 6) is 0. The first-order valence-corrected chi connectivity index (χ1v) is 6.69. The number of nitrogens with one attached hydrogen (secondary N) is 1. The maximum absolute atomic E-state index is 5.81. The van der Waals surface area contributed by atoms with Crippen LogP contribution in [0.3, 0.4) is 0 Å². The van der Waals surface area contributed by atoms with Gasteiger partial charge in [-0.15, -0.1) is 11.3 Å². The third-order valence-corrected chi connectivity index (χ3v) is 3.77. The van der Waals surface area contributed by atoms with Gasteiger partial charge in [-0.25, -0.2) is 4.98 Å². The number of rotatable bonds is 3. The van der Waals surface area contributed by atoms with Crippen molar-refractivity contribution in [3.63, 3.8) is 0 Å². The monoisotopic (exact) mass is 275 g/mol.